The Morgan fingerprint density at radius 3 is 2.54 bits per heavy atom. The van der Waals surface area contributed by atoms with Gasteiger partial charge in [0.05, 0.1) is 35.2 Å². The highest BCUT2D eigenvalue weighted by atomic mass is 16.3. The van der Waals surface area contributed by atoms with E-state index in [0.717, 1.165) is 16.5 Å². The average Bonchev–Trinajstić information content (AvgIpc) is 3.40. The molecule has 1 unspecified atom stereocenters. The molecule has 3 aromatic carbocycles. The minimum Gasteiger partial charge on any atom is -0.389 e. The van der Waals surface area contributed by atoms with E-state index < -0.39 is 12.0 Å². The minimum atomic E-state index is -0.748. The number of benzene rings is 3. The van der Waals surface area contributed by atoms with Crippen LogP contribution in [0.15, 0.2) is 95.7 Å². The zero-order valence-corrected chi connectivity index (χ0v) is 20.3. The number of nitrogens with one attached hydrogen (secondary N) is 1. The van der Waals surface area contributed by atoms with Crippen LogP contribution in [0.3, 0.4) is 0 Å². The van der Waals surface area contributed by atoms with Crippen molar-refractivity contribution in [3.05, 3.63) is 102 Å². The number of carbonyl (C=O) groups excluding carboxylic acids is 2. The van der Waals surface area contributed by atoms with Gasteiger partial charge in [-0.2, -0.15) is 10.1 Å². The summed E-state index contributed by atoms with van der Waals surface area (Å²) < 4.78 is 1.97. The average molecular weight is 494 g/mol. The summed E-state index contributed by atoms with van der Waals surface area (Å²) in [6.45, 7) is 2.36. The number of nitrogens with zero attached hydrogens (tertiary/aromatic N) is 3. The molecule has 2 heterocycles. The quantitative estimate of drug-likeness (QED) is 0.322. The molecule has 1 aliphatic rings. The van der Waals surface area contributed by atoms with E-state index in [0.29, 0.717) is 34.8 Å². The summed E-state index contributed by atoms with van der Waals surface area (Å²) in [6, 6.07) is 24.1. The van der Waals surface area contributed by atoms with Gasteiger partial charge < -0.3 is 20.7 Å². The Morgan fingerprint density at radius 2 is 1.76 bits per heavy atom. The van der Waals surface area contributed by atoms with Gasteiger partial charge in [0.15, 0.2) is 0 Å². The van der Waals surface area contributed by atoms with Crippen LogP contribution in [0.1, 0.15) is 22.8 Å². The fourth-order valence-corrected chi connectivity index (χ4v) is 4.50. The van der Waals surface area contributed by atoms with E-state index in [9.17, 15) is 14.7 Å². The maximum atomic E-state index is 13.2. The lowest BCUT2D eigenvalue weighted by molar-refractivity contribution is -0.114. The van der Waals surface area contributed by atoms with E-state index in [1.54, 1.807) is 24.3 Å². The molecule has 186 valence electrons. The number of carbonyl (C=O) groups is 2. The number of primary amides is 1. The monoisotopic (exact) mass is 493 g/mol. The molecule has 1 aromatic heterocycles. The van der Waals surface area contributed by atoms with Gasteiger partial charge in [-0.3, -0.25) is 9.59 Å². The summed E-state index contributed by atoms with van der Waals surface area (Å²) in [5.74, 6) is -0.712. The highest BCUT2D eigenvalue weighted by Gasteiger charge is 2.29. The van der Waals surface area contributed by atoms with Gasteiger partial charge in [-0.05, 0) is 43.3 Å². The molecule has 37 heavy (non-hydrogen) atoms. The zero-order chi connectivity index (χ0) is 25.9. The van der Waals surface area contributed by atoms with Crippen LogP contribution in [0.25, 0.3) is 17.0 Å². The molecule has 1 atom stereocenters. The lowest BCUT2D eigenvalue weighted by atomic mass is 10.1. The molecular formula is C29H27N5O3. The highest BCUT2D eigenvalue weighted by molar-refractivity contribution is 6.32. The van der Waals surface area contributed by atoms with Gasteiger partial charge >= 0.3 is 0 Å². The summed E-state index contributed by atoms with van der Waals surface area (Å²) in [5, 5.41) is 20.8. The number of aliphatic hydroxyl groups is 1. The number of anilines is 2. The van der Waals surface area contributed by atoms with Crippen molar-refractivity contribution in [2.45, 2.75) is 19.6 Å². The molecule has 4 N–H and O–H groups in total. The van der Waals surface area contributed by atoms with Crippen LogP contribution in [0.2, 0.25) is 0 Å². The molecule has 0 spiro atoms. The number of nitrogens with two attached hydrogens (primary N) is 1. The summed E-state index contributed by atoms with van der Waals surface area (Å²) in [6.07, 6.45) is 3.04. The molecular weight excluding hydrogens is 466 g/mol. The number of hydrogen-bond donors (Lipinski definition) is 3. The number of aliphatic hydroxyl groups excluding tert-OH is 1. The lowest BCUT2D eigenvalue weighted by Gasteiger charge is -2.16. The van der Waals surface area contributed by atoms with Gasteiger partial charge in [-0.25, -0.2) is 0 Å². The molecule has 8 nitrogen and oxygen atoms in total. The van der Waals surface area contributed by atoms with Crippen molar-refractivity contribution in [1.29, 1.82) is 0 Å². The molecule has 2 amide bonds. The normalized spacial score (nSPS) is 15.3. The van der Waals surface area contributed by atoms with E-state index in [4.69, 9.17) is 5.73 Å². The maximum Gasteiger partial charge on any atom is 0.280 e. The van der Waals surface area contributed by atoms with Crippen molar-refractivity contribution in [1.82, 2.24) is 4.57 Å². The first-order chi connectivity index (χ1) is 17.9. The van der Waals surface area contributed by atoms with E-state index in [2.05, 4.69) is 10.4 Å². The Bertz CT molecular complexity index is 1540. The second-order valence-corrected chi connectivity index (χ2v) is 8.89. The van der Waals surface area contributed by atoms with Crippen molar-refractivity contribution in [3.63, 3.8) is 0 Å². The van der Waals surface area contributed by atoms with E-state index in [1.165, 1.54) is 5.01 Å². The predicted octanol–water partition coefficient (Wildman–Crippen LogP) is 4.02. The molecule has 8 heteroatoms. The molecule has 4 aromatic rings. The van der Waals surface area contributed by atoms with Crippen LogP contribution in [-0.4, -0.2) is 39.8 Å². The number of para-hydroxylation sites is 3. The van der Waals surface area contributed by atoms with Crippen molar-refractivity contribution >= 4 is 45.9 Å². The molecule has 0 radical (unpaired) electrons. The SMILES string of the molecule is CC1=NN(c2ccccc2)C(=O)C1=Cc1cn(CC(O)CNc2ccccc2C(N)=O)c2ccccc12. The van der Waals surface area contributed by atoms with Gasteiger partial charge in [-0.15, -0.1) is 0 Å². The van der Waals surface area contributed by atoms with Gasteiger partial charge in [-0.1, -0.05) is 48.5 Å². The number of amides is 2. The smallest absolute Gasteiger partial charge is 0.280 e. The largest absolute Gasteiger partial charge is 0.389 e. The van der Waals surface area contributed by atoms with Gasteiger partial charge in [0, 0.05) is 34.9 Å². The Balaban J connectivity index is 1.38. The zero-order valence-electron chi connectivity index (χ0n) is 20.3. The summed E-state index contributed by atoms with van der Waals surface area (Å²) >= 11 is 0. The second-order valence-electron chi connectivity index (χ2n) is 8.89. The second kappa shape index (κ2) is 10.1. The fraction of sp³-hybridized carbons (Fsp3) is 0.138. The van der Waals surface area contributed by atoms with E-state index in [-0.39, 0.29) is 12.5 Å². The van der Waals surface area contributed by atoms with Crippen LogP contribution in [0.5, 0.6) is 0 Å². The number of fused-ring (bicyclic) bond motifs is 1. The van der Waals surface area contributed by atoms with Crippen molar-refractivity contribution < 1.29 is 14.7 Å². The van der Waals surface area contributed by atoms with Crippen molar-refractivity contribution in [2.75, 3.05) is 16.9 Å². The van der Waals surface area contributed by atoms with Gasteiger partial charge in [0.1, 0.15) is 0 Å². The first-order valence-corrected chi connectivity index (χ1v) is 12.0. The minimum absolute atomic E-state index is 0.183. The van der Waals surface area contributed by atoms with Gasteiger partial charge in [0.2, 0.25) is 0 Å². The third kappa shape index (κ3) is 4.87. The maximum absolute atomic E-state index is 13.2. The molecule has 0 fully saturated rings. The van der Waals surface area contributed by atoms with Crippen LogP contribution in [0, 0.1) is 0 Å². The first kappa shape index (κ1) is 24.0. The Kier molecular flexibility index (Phi) is 6.57. The number of rotatable bonds is 8. The first-order valence-electron chi connectivity index (χ1n) is 12.0. The summed E-state index contributed by atoms with van der Waals surface area (Å²) in [5.41, 5.74) is 10.1. The van der Waals surface area contributed by atoms with Crippen LogP contribution >= 0.6 is 0 Å². The highest BCUT2D eigenvalue weighted by Crippen LogP contribution is 2.28. The van der Waals surface area contributed by atoms with Crippen LogP contribution < -0.4 is 16.1 Å². The topological polar surface area (TPSA) is 113 Å². The standard InChI is InChI=1S/C29H27N5O3/c1-19-25(29(37)34(32-19)21-9-3-2-4-10-21)15-20-17-33(27-14-8-6-11-23(20)27)18-22(35)16-31-26-13-7-5-12-24(26)28(30)36/h2-15,17,22,31,35H,16,18H2,1H3,(H2,30,36). The van der Waals surface area contributed by atoms with Gasteiger partial charge in [0.25, 0.3) is 11.8 Å². The lowest BCUT2D eigenvalue weighted by Crippen LogP contribution is -2.25. The predicted molar refractivity (Wildman–Crippen MR) is 146 cm³/mol. The number of aromatic nitrogens is 1. The summed E-state index contributed by atoms with van der Waals surface area (Å²) in [7, 11) is 0. The molecule has 0 aliphatic carbocycles. The molecule has 1 aliphatic heterocycles. The Morgan fingerprint density at radius 1 is 1.05 bits per heavy atom. The van der Waals surface area contributed by atoms with Crippen molar-refractivity contribution in [2.24, 2.45) is 10.8 Å². The fourth-order valence-electron chi connectivity index (χ4n) is 4.50. The van der Waals surface area contributed by atoms with E-state index in [1.807, 2.05) is 78.4 Å². The molecule has 0 saturated heterocycles. The summed E-state index contributed by atoms with van der Waals surface area (Å²) in [4.78, 5) is 24.9. The van der Waals surface area contributed by atoms with Crippen LogP contribution in [-0.2, 0) is 11.3 Å². The third-order valence-corrected chi connectivity index (χ3v) is 6.31. The Labute approximate surface area is 214 Å². The molecule has 5 rings (SSSR count). The molecule has 0 bridgehead atoms. The van der Waals surface area contributed by atoms with E-state index >= 15 is 0 Å². The Hall–Kier alpha value is -4.69. The third-order valence-electron chi connectivity index (χ3n) is 6.31. The van der Waals surface area contributed by atoms with Crippen molar-refractivity contribution in [3.8, 4) is 0 Å². The number of hydrogen-bond acceptors (Lipinski definition) is 5. The van der Waals surface area contributed by atoms with Crippen LogP contribution in [0.4, 0.5) is 11.4 Å². The molecule has 0 saturated carbocycles. The number of hydrazone groups is 1.